The monoisotopic (exact) mass is 637 g/mol. The van der Waals surface area contributed by atoms with Crippen molar-refractivity contribution in [3.05, 3.63) is 188 Å². The molecule has 0 unspecified atom stereocenters. The first kappa shape index (κ1) is 28.4. The number of furan rings is 1. The minimum atomic E-state index is 0.874. The summed E-state index contributed by atoms with van der Waals surface area (Å²) < 4.78 is 6.82. The Morgan fingerprint density at radius 2 is 0.900 bits per heavy atom. The zero-order chi connectivity index (χ0) is 33.0. The van der Waals surface area contributed by atoms with Gasteiger partial charge in [-0.15, -0.1) is 0 Å². The van der Waals surface area contributed by atoms with Gasteiger partial charge >= 0.3 is 0 Å². The zero-order valence-electron chi connectivity index (χ0n) is 27.3. The third-order valence-corrected chi connectivity index (χ3v) is 10.1. The fourth-order valence-electron chi connectivity index (χ4n) is 7.71. The molecule has 0 bridgehead atoms. The normalized spacial score (nSPS) is 11.6. The molecule has 1 heterocycles. The van der Waals surface area contributed by atoms with Gasteiger partial charge in [-0.3, -0.25) is 0 Å². The van der Waals surface area contributed by atoms with Crippen LogP contribution in [0.4, 0.5) is 17.1 Å². The van der Waals surface area contributed by atoms with E-state index in [2.05, 4.69) is 193 Å². The SMILES string of the molecule is c1ccc(-c2ccc(-c3ccc(N(c4cccc5ccccc45)c4cccc5c4ccc4ccccc45)c4c3oc3ccccc34)cc2)cc1. The molecule has 9 aromatic carbocycles. The molecule has 2 nitrogen and oxygen atoms in total. The molecule has 0 N–H and O–H groups in total. The van der Waals surface area contributed by atoms with Gasteiger partial charge in [0.2, 0.25) is 0 Å². The highest BCUT2D eigenvalue weighted by Gasteiger charge is 2.24. The van der Waals surface area contributed by atoms with Gasteiger partial charge in [-0.25, -0.2) is 0 Å². The van der Waals surface area contributed by atoms with E-state index in [1.54, 1.807) is 0 Å². The Bertz CT molecular complexity index is 2860. The largest absolute Gasteiger partial charge is 0.455 e. The number of para-hydroxylation sites is 1. The molecule has 0 atom stereocenters. The summed E-state index contributed by atoms with van der Waals surface area (Å²) in [6.45, 7) is 0. The smallest absolute Gasteiger partial charge is 0.145 e. The van der Waals surface area contributed by atoms with Gasteiger partial charge in [0.1, 0.15) is 11.2 Å². The van der Waals surface area contributed by atoms with Crippen molar-refractivity contribution >= 4 is 71.3 Å². The fraction of sp³-hybridized carbons (Fsp3) is 0. The average Bonchev–Trinajstić information content (AvgIpc) is 3.59. The van der Waals surface area contributed by atoms with Gasteiger partial charge in [-0.2, -0.15) is 0 Å². The Kier molecular flexibility index (Phi) is 6.53. The quantitative estimate of drug-likeness (QED) is 0.175. The van der Waals surface area contributed by atoms with Gasteiger partial charge in [0.15, 0.2) is 0 Å². The third kappa shape index (κ3) is 4.50. The van der Waals surface area contributed by atoms with Crippen LogP contribution in [0, 0.1) is 0 Å². The number of hydrogen-bond acceptors (Lipinski definition) is 2. The molecule has 0 fully saturated rings. The molecule has 0 aliphatic rings. The Morgan fingerprint density at radius 3 is 1.72 bits per heavy atom. The van der Waals surface area contributed by atoms with E-state index in [-0.39, 0.29) is 0 Å². The van der Waals surface area contributed by atoms with Crippen molar-refractivity contribution in [2.45, 2.75) is 0 Å². The number of nitrogens with zero attached hydrogens (tertiary/aromatic N) is 1. The molecule has 2 heteroatoms. The lowest BCUT2D eigenvalue weighted by Crippen LogP contribution is -2.11. The van der Waals surface area contributed by atoms with Crippen LogP contribution in [0.15, 0.2) is 192 Å². The molecule has 0 aliphatic carbocycles. The molecule has 1 aromatic heterocycles. The van der Waals surface area contributed by atoms with Crippen LogP contribution >= 0.6 is 0 Å². The van der Waals surface area contributed by atoms with Crippen molar-refractivity contribution in [3.63, 3.8) is 0 Å². The van der Waals surface area contributed by atoms with Crippen LogP contribution in [-0.2, 0) is 0 Å². The van der Waals surface area contributed by atoms with Crippen LogP contribution in [0.2, 0.25) is 0 Å². The Morgan fingerprint density at radius 1 is 0.320 bits per heavy atom. The maximum Gasteiger partial charge on any atom is 0.145 e. The lowest BCUT2D eigenvalue weighted by atomic mass is 9.96. The molecule has 0 amide bonds. The molecule has 50 heavy (non-hydrogen) atoms. The van der Waals surface area contributed by atoms with Crippen molar-refractivity contribution < 1.29 is 4.42 Å². The van der Waals surface area contributed by atoms with Gasteiger partial charge in [0, 0.05) is 21.7 Å². The van der Waals surface area contributed by atoms with E-state index in [4.69, 9.17) is 4.42 Å². The van der Waals surface area contributed by atoms with Crippen molar-refractivity contribution in [1.29, 1.82) is 0 Å². The molecule has 0 radical (unpaired) electrons. The van der Waals surface area contributed by atoms with Crippen LogP contribution in [0.5, 0.6) is 0 Å². The summed E-state index contributed by atoms with van der Waals surface area (Å²) in [7, 11) is 0. The summed E-state index contributed by atoms with van der Waals surface area (Å²) in [5.74, 6) is 0. The highest BCUT2D eigenvalue weighted by Crippen LogP contribution is 2.49. The van der Waals surface area contributed by atoms with E-state index in [1.807, 2.05) is 0 Å². The van der Waals surface area contributed by atoms with E-state index < -0.39 is 0 Å². The summed E-state index contributed by atoms with van der Waals surface area (Å²) in [4.78, 5) is 2.45. The van der Waals surface area contributed by atoms with E-state index >= 15 is 0 Å². The predicted octanol–water partition coefficient (Wildman–Crippen LogP) is 13.8. The summed E-state index contributed by atoms with van der Waals surface area (Å²) in [5, 5.41) is 9.48. The Hall–Kier alpha value is -6.64. The standard InChI is InChI=1S/C48H31NO/c1-2-12-32(13-3-1)33-24-26-36(27-25-33)39-30-31-45(47-42-19-8-9-23-46(42)50-48(39)47)49(43-21-10-16-34-14-5-7-18-38(34)43)44-22-11-20-40-37-17-6-4-15-35(37)28-29-41(40)44/h1-31H. The number of benzene rings is 9. The molecule has 0 aliphatic heterocycles. The number of rotatable bonds is 5. The number of fused-ring (bicyclic) bond motifs is 7. The number of anilines is 3. The molecular formula is C48H31NO. The first-order valence-electron chi connectivity index (χ1n) is 17.1. The summed E-state index contributed by atoms with van der Waals surface area (Å²) in [6, 6.07) is 67.4. The second kappa shape index (κ2) is 11.5. The fourth-order valence-corrected chi connectivity index (χ4v) is 7.71. The molecule has 10 rings (SSSR count). The van der Waals surface area contributed by atoms with E-state index in [0.29, 0.717) is 0 Å². The molecule has 234 valence electrons. The molecule has 10 aromatic rings. The summed E-state index contributed by atoms with van der Waals surface area (Å²) >= 11 is 0. The van der Waals surface area contributed by atoms with Crippen LogP contribution in [-0.4, -0.2) is 0 Å². The second-order valence-corrected chi connectivity index (χ2v) is 12.9. The molecule has 0 spiro atoms. The average molecular weight is 638 g/mol. The Labute approximate surface area is 290 Å². The molecular weight excluding hydrogens is 607 g/mol. The molecule has 0 saturated carbocycles. The van der Waals surface area contributed by atoms with Gasteiger partial charge in [-0.1, -0.05) is 158 Å². The third-order valence-electron chi connectivity index (χ3n) is 10.1. The zero-order valence-corrected chi connectivity index (χ0v) is 27.3. The summed E-state index contributed by atoms with van der Waals surface area (Å²) in [6.07, 6.45) is 0. The topological polar surface area (TPSA) is 16.4 Å². The second-order valence-electron chi connectivity index (χ2n) is 12.9. The van der Waals surface area contributed by atoms with E-state index in [0.717, 1.165) is 50.1 Å². The van der Waals surface area contributed by atoms with E-state index in [1.165, 1.54) is 43.4 Å². The molecule has 0 saturated heterocycles. The van der Waals surface area contributed by atoms with Crippen molar-refractivity contribution in [2.75, 3.05) is 4.90 Å². The lowest BCUT2D eigenvalue weighted by molar-refractivity contribution is 0.670. The van der Waals surface area contributed by atoms with Crippen LogP contribution in [0.3, 0.4) is 0 Å². The first-order chi connectivity index (χ1) is 24.8. The van der Waals surface area contributed by atoms with Gasteiger partial charge < -0.3 is 9.32 Å². The van der Waals surface area contributed by atoms with Crippen molar-refractivity contribution in [3.8, 4) is 22.3 Å². The predicted molar refractivity (Wildman–Crippen MR) is 212 cm³/mol. The van der Waals surface area contributed by atoms with Crippen molar-refractivity contribution in [2.24, 2.45) is 0 Å². The van der Waals surface area contributed by atoms with Gasteiger partial charge in [-0.05, 0) is 68.6 Å². The Balaban J connectivity index is 1.27. The minimum Gasteiger partial charge on any atom is -0.455 e. The van der Waals surface area contributed by atoms with Crippen LogP contribution in [0.25, 0.3) is 76.5 Å². The highest BCUT2D eigenvalue weighted by molar-refractivity contribution is 6.20. The maximum absolute atomic E-state index is 6.82. The first-order valence-corrected chi connectivity index (χ1v) is 17.1. The van der Waals surface area contributed by atoms with Gasteiger partial charge in [0.25, 0.3) is 0 Å². The maximum atomic E-state index is 6.82. The van der Waals surface area contributed by atoms with Crippen molar-refractivity contribution in [1.82, 2.24) is 0 Å². The van der Waals surface area contributed by atoms with Gasteiger partial charge in [0.05, 0.1) is 22.4 Å². The summed E-state index contributed by atoms with van der Waals surface area (Å²) in [5.41, 5.74) is 9.66. The highest BCUT2D eigenvalue weighted by atomic mass is 16.3. The van der Waals surface area contributed by atoms with Crippen LogP contribution in [0.1, 0.15) is 0 Å². The van der Waals surface area contributed by atoms with E-state index in [9.17, 15) is 0 Å². The van der Waals surface area contributed by atoms with Crippen LogP contribution < -0.4 is 4.90 Å². The minimum absolute atomic E-state index is 0.874. The lowest BCUT2D eigenvalue weighted by Gasteiger charge is -2.29. The number of hydrogen-bond donors (Lipinski definition) is 0.